The second-order valence-electron chi connectivity index (χ2n) is 4.57. The van der Waals surface area contributed by atoms with E-state index in [1.165, 1.54) is 17.7 Å². The second-order valence-corrected chi connectivity index (χ2v) is 4.95. The van der Waals surface area contributed by atoms with Crippen LogP contribution in [0, 0.1) is 17.0 Å². The average Bonchev–Trinajstić information content (AvgIpc) is 2.38. The van der Waals surface area contributed by atoms with Crippen LogP contribution < -0.4 is 5.32 Å². The first-order valence-electron chi connectivity index (χ1n) is 6.11. The van der Waals surface area contributed by atoms with E-state index in [2.05, 4.69) is 10.3 Å². The number of anilines is 1. The fraction of sp³-hybridized carbons (Fsp3) is 0.214. The Morgan fingerprint density at radius 3 is 2.55 bits per heavy atom. The standard InChI is InChI=1S/C14H14ClN3O2/c1-9-3-5-11(6-4-9)10(2)16-14-8-12(18(19)20)7-13(15)17-14/h3-8,10H,1-2H3,(H,16,17). The van der Waals surface area contributed by atoms with E-state index in [4.69, 9.17) is 11.6 Å². The lowest BCUT2D eigenvalue weighted by atomic mass is 10.1. The van der Waals surface area contributed by atoms with Gasteiger partial charge in [-0.25, -0.2) is 4.98 Å². The van der Waals surface area contributed by atoms with Gasteiger partial charge in [0.1, 0.15) is 11.0 Å². The molecule has 1 atom stereocenters. The molecule has 0 fully saturated rings. The summed E-state index contributed by atoms with van der Waals surface area (Å²) < 4.78 is 0. The highest BCUT2D eigenvalue weighted by Crippen LogP contribution is 2.24. The maximum atomic E-state index is 10.8. The third-order valence-electron chi connectivity index (χ3n) is 2.93. The number of aryl methyl sites for hydroxylation is 1. The highest BCUT2D eigenvalue weighted by atomic mass is 35.5. The smallest absolute Gasteiger partial charge is 0.276 e. The predicted molar refractivity (Wildman–Crippen MR) is 79.1 cm³/mol. The van der Waals surface area contributed by atoms with Crippen molar-refractivity contribution in [3.05, 3.63) is 62.8 Å². The highest BCUT2D eigenvalue weighted by molar-refractivity contribution is 6.29. The van der Waals surface area contributed by atoms with E-state index in [0.29, 0.717) is 5.82 Å². The zero-order valence-corrected chi connectivity index (χ0v) is 11.9. The molecule has 1 aromatic carbocycles. The van der Waals surface area contributed by atoms with Gasteiger partial charge in [-0.3, -0.25) is 10.1 Å². The van der Waals surface area contributed by atoms with Crippen LogP contribution in [0.25, 0.3) is 0 Å². The molecule has 0 bridgehead atoms. The van der Waals surface area contributed by atoms with Crippen LogP contribution in [0.5, 0.6) is 0 Å². The molecule has 104 valence electrons. The monoisotopic (exact) mass is 291 g/mol. The maximum Gasteiger partial charge on any atom is 0.276 e. The number of hydrogen-bond acceptors (Lipinski definition) is 4. The molecule has 0 radical (unpaired) electrons. The molecule has 0 aliphatic heterocycles. The summed E-state index contributed by atoms with van der Waals surface area (Å²) in [7, 11) is 0. The number of pyridine rings is 1. The molecule has 1 heterocycles. The lowest BCUT2D eigenvalue weighted by Gasteiger charge is -2.15. The fourth-order valence-corrected chi connectivity index (χ4v) is 2.03. The quantitative estimate of drug-likeness (QED) is 0.522. The van der Waals surface area contributed by atoms with Crippen LogP contribution in [0.3, 0.4) is 0 Å². The van der Waals surface area contributed by atoms with Crippen molar-refractivity contribution >= 4 is 23.1 Å². The first-order valence-corrected chi connectivity index (χ1v) is 6.48. The van der Waals surface area contributed by atoms with Gasteiger partial charge in [-0.05, 0) is 19.4 Å². The van der Waals surface area contributed by atoms with E-state index in [-0.39, 0.29) is 16.9 Å². The Morgan fingerprint density at radius 1 is 1.30 bits per heavy atom. The Bertz CT molecular complexity index is 629. The normalized spacial score (nSPS) is 11.9. The number of nitrogens with one attached hydrogen (secondary N) is 1. The number of nitrogens with zero attached hydrogens (tertiary/aromatic N) is 2. The van der Waals surface area contributed by atoms with Crippen LogP contribution in [0.15, 0.2) is 36.4 Å². The van der Waals surface area contributed by atoms with Gasteiger partial charge in [-0.2, -0.15) is 0 Å². The third kappa shape index (κ3) is 3.45. The summed E-state index contributed by atoms with van der Waals surface area (Å²) in [5.41, 5.74) is 2.17. The number of hydrogen-bond donors (Lipinski definition) is 1. The minimum Gasteiger partial charge on any atom is -0.363 e. The van der Waals surface area contributed by atoms with Crippen LogP contribution in [-0.2, 0) is 0 Å². The molecule has 0 aliphatic rings. The largest absolute Gasteiger partial charge is 0.363 e. The predicted octanol–water partition coefficient (Wildman–Crippen LogP) is 4.12. The van der Waals surface area contributed by atoms with Gasteiger partial charge in [0.25, 0.3) is 5.69 Å². The highest BCUT2D eigenvalue weighted by Gasteiger charge is 2.12. The van der Waals surface area contributed by atoms with E-state index in [9.17, 15) is 10.1 Å². The zero-order chi connectivity index (χ0) is 14.7. The average molecular weight is 292 g/mol. The lowest BCUT2D eigenvalue weighted by Crippen LogP contribution is -2.08. The first kappa shape index (κ1) is 14.3. The van der Waals surface area contributed by atoms with Crippen molar-refractivity contribution < 1.29 is 4.92 Å². The fourth-order valence-electron chi connectivity index (χ4n) is 1.82. The molecular weight excluding hydrogens is 278 g/mol. The Balaban J connectivity index is 2.21. The Labute approximate surface area is 121 Å². The molecule has 0 spiro atoms. The van der Waals surface area contributed by atoms with Gasteiger partial charge in [0.05, 0.1) is 17.1 Å². The molecule has 0 saturated heterocycles. The SMILES string of the molecule is Cc1ccc(C(C)Nc2cc([N+](=O)[O-])cc(Cl)n2)cc1. The van der Waals surface area contributed by atoms with Crippen LogP contribution in [0.2, 0.25) is 5.15 Å². The first-order chi connectivity index (χ1) is 9.45. The van der Waals surface area contributed by atoms with Crippen molar-refractivity contribution in [3.8, 4) is 0 Å². The van der Waals surface area contributed by atoms with Crippen molar-refractivity contribution in [1.82, 2.24) is 4.98 Å². The molecule has 0 saturated carbocycles. The molecule has 2 aromatic rings. The Morgan fingerprint density at radius 2 is 1.95 bits per heavy atom. The zero-order valence-electron chi connectivity index (χ0n) is 11.1. The summed E-state index contributed by atoms with van der Waals surface area (Å²) in [6.45, 7) is 3.98. The van der Waals surface area contributed by atoms with Gasteiger partial charge in [0, 0.05) is 6.04 Å². The van der Waals surface area contributed by atoms with Gasteiger partial charge in [0.15, 0.2) is 0 Å². The Kier molecular flexibility index (Phi) is 4.20. The van der Waals surface area contributed by atoms with Gasteiger partial charge in [-0.15, -0.1) is 0 Å². The van der Waals surface area contributed by atoms with Crippen LogP contribution in [0.1, 0.15) is 24.1 Å². The summed E-state index contributed by atoms with van der Waals surface area (Å²) in [6, 6.07) is 10.6. The molecule has 1 unspecified atom stereocenters. The number of halogens is 1. The molecule has 20 heavy (non-hydrogen) atoms. The van der Waals surface area contributed by atoms with E-state index < -0.39 is 4.92 Å². The van der Waals surface area contributed by atoms with Crippen LogP contribution in [0.4, 0.5) is 11.5 Å². The van der Waals surface area contributed by atoms with Gasteiger partial charge < -0.3 is 5.32 Å². The number of rotatable bonds is 4. The van der Waals surface area contributed by atoms with E-state index >= 15 is 0 Å². The Hall–Kier alpha value is -2.14. The molecule has 0 amide bonds. The van der Waals surface area contributed by atoms with Gasteiger partial charge in [0.2, 0.25) is 0 Å². The summed E-state index contributed by atoms with van der Waals surface area (Å²) in [6.07, 6.45) is 0. The summed E-state index contributed by atoms with van der Waals surface area (Å²) >= 11 is 5.79. The maximum absolute atomic E-state index is 10.8. The molecule has 2 rings (SSSR count). The topological polar surface area (TPSA) is 68.1 Å². The summed E-state index contributed by atoms with van der Waals surface area (Å²) in [4.78, 5) is 14.3. The van der Waals surface area contributed by atoms with Crippen molar-refractivity contribution in [2.24, 2.45) is 0 Å². The van der Waals surface area contributed by atoms with E-state index in [1.54, 1.807) is 0 Å². The number of aromatic nitrogens is 1. The number of nitro groups is 1. The summed E-state index contributed by atoms with van der Waals surface area (Å²) in [5, 5.41) is 14.0. The van der Waals surface area contributed by atoms with Crippen LogP contribution in [-0.4, -0.2) is 9.91 Å². The molecule has 6 heteroatoms. The van der Waals surface area contributed by atoms with Gasteiger partial charge >= 0.3 is 0 Å². The molecular formula is C14H14ClN3O2. The van der Waals surface area contributed by atoms with Crippen LogP contribution >= 0.6 is 11.6 Å². The second kappa shape index (κ2) is 5.88. The van der Waals surface area contributed by atoms with Crippen molar-refractivity contribution in [2.75, 3.05) is 5.32 Å². The van der Waals surface area contributed by atoms with E-state index in [1.807, 2.05) is 38.1 Å². The molecule has 5 nitrogen and oxygen atoms in total. The van der Waals surface area contributed by atoms with Crippen molar-refractivity contribution in [2.45, 2.75) is 19.9 Å². The lowest BCUT2D eigenvalue weighted by molar-refractivity contribution is -0.384. The third-order valence-corrected chi connectivity index (χ3v) is 3.13. The van der Waals surface area contributed by atoms with E-state index in [0.717, 1.165) is 5.56 Å². The molecule has 1 aromatic heterocycles. The van der Waals surface area contributed by atoms with Gasteiger partial charge in [-0.1, -0.05) is 41.4 Å². The number of benzene rings is 1. The minimum atomic E-state index is -0.491. The molecule has 1 N–H and O–H groups in total. The molecule has 0 aliphatic carbocycles. The van der Waals surface area contributed by atoms with Crippen molar-refractivity contribution in [3.63, 3.8) is 0 Å². The summed E-state index contributed by atoms with van der Waals surface area (Å²) in [5.74, 6) is 0.386. The minimum absolute atomic E-state index is 0.0267. The van der Waals surface area contributed by atoms with Crippen molar-refractivity contribution in [1.29, 1.82) is 0 Å².